The van der Waals surface area contributed by atoms with E-state index in [1.807, 2.05) is 25.6 Å². The number of hydrogen-bond acceptors (Lipinski definition) is 3. The van der Waals surface area contributed by atoms with Crippen LogP contribution >= 0.6 is 0 Å². The second kappa shape index (κ2) is 6.23. The third-order valence-corrected chi connectivity index (χ3v) is 3.83. The molecular weight excluding hydrogens is 226 g/mol. The van der Waals surface area contributed by atoms with Crippen molar-refractivity contribution < 1.29 is 4.74 Å². The van der Waals surface area contributed by atoms with E-state index in [1.54, 1.807) is 0 Å². The normalized spacial score (nSPS) is 17.1. The Morgan fingerprint density at radius 2 is 2.00 bits per heavy atom. The van der Waals surface area contributed by atoms with Gasteiger partial charge in [-0.05, 0) is 26.7 Å². The number of hydrogen-bond donors (Lipinski definition) is 1. The smallest absolute Gasteiger partial charge is 0.163 e. The largest absolute Gasteiger partial charge is 0.488 e. The van der Waals surface area contributed by atoms with Gasteiger partial charge in [0.2, 0.25) is 0 Å². The summed E-state index contributed by atoms with van der Waals surface area (Å²) in [6.45, 7) is 5.70. The van der Waals surface area contributed by atoms with E-state index in [2.05, 4.69) is 10.4 Å². The lowest BCUT2D eigenvalue weighted by Crippen LogP contribution is -2.34. The average molecular weight is 251 g/mol. The van der Waals surface area contributed by atoms with Crippen LogP contribution in [-0.2, 0) is 7.05 Å². The molecule has 1 aliphatic carbocycles. The Labute approximate surface area is 110 Å². The van der Waals surface area contributed by atoms with Gasteiger partial charge in [0.15, 0.2) is 5.75 Å². The molecular formula is C14H25N3O. The molecule has 0 unspecified atom stereocenters. The molecule has 0 bridgehead atoms. The van der Waals surface area contributed by atoms with Crippen LogP contribution in [0.4, 0.5) is 0 Å². The molecule has 1 fully saturated rings. The summed E-state index contributed by atoms with van der Waals surface area (Å²) in [4.78, 5) is 0. The van der Waals surface area contributed by atoms with Crippen LogP contribution in [0.2, 0.25) is 0 Å². The molecule has 1 aromatic rings. The van der Waals surface area contributed by atoms with Crippen molar-refractivity contribution in [3.8, 4) is 5.75 Å². The highest BCUT2D eigenvalue weighted by Crippen LogP contribution is 2.21. The summed E-state index contributed by atoms with van der Waals surface area (Å²) in [5, 5.41) is 7.94. The molecule has 0 radical (unpaired) electrons. The Morgan fingerprint density at radius 3 is 2.61 bits per heavy atom. The molecule has 18 heavy (non-hydrogen) atoms. The van der Waals surface area contributed by atoms with E-state index in [-0.39, 0.29) is 0 Å². The van der Waals surface area contributed by atoms with Crippen LogP contribution in [0.25, 0.3) is 0 Å². The van der Waals surface area contributed by atoms with Gasteiger partial charge in [-0.15, -0.1) is 0 Å². The Kier molecular flexibility index (Phi) is 4.64. The van der Waals surface area contributed by atoms with Crippen LogP contribution in [0.15, 0.2) is 0 Å². The molecule has 0 amide bonds. The third kappa shape index (κ3) is 3.25. The molecule has 0 atom stereocenters. The van der Waals surface area contributed by atoms with E-state index >= 15 is 0 Å². The predicted octanol–water partition coefficient (Wildman–Crippen LogP) is 2.34. The maximum Gasteiger partial charge on any atom is 0.163 e. The van der Waals surface area contributed by atoms with E-state index in [0.717, 1.165) is 30.3 Å². The van der Waals surface area contributed by atoms with Crippen LogP contribution in [0.5, 0.6) is 5.75 Å². The van der Waals surface area contributed by atoms with Crippen LogP contribution in [-0.4, -0.2) is 29.0 Å². The fourth-order valence-electron chi connectivity index (χ4n) is 2.69. The van der Waals surface area contributed by atoms with Gasteiger partial charge in [0.05, 0.1) is 5.69 Å². The zero-order valence-corrected chi connectivity index (χ0v) is 11.8. The monoisotopic (exact) mass is 251 g/mol. The van der Waals surface area contributed by atoms with Gasteiger partial charge < -0.3 is 10.1 Å². The molecule has 1 aliphatic rings. The van der Waals surface area contributed by atoms with E-state index in [0.29, 0.717) is 6.04 Å². The van der Waals surface area contributed by atoms with Gasteiger partial charge in [-0.3, -0.25) is 4.68 Å². The quantitative estimate of drug-likeness (QED) is 0.816. The lowest BCUT2D eigenvalue weighted by Gasteiger charge is -2.22. The lowest BCUT2D eigenvalue weighted by molar-refractivity contribution is 0.286. The van der Waals surface area contributed by atoms with Crippen molar-refractivity contribution in [3.05, 3.63) is 11.4 Å². The van der Waals surface area contributed by atoms with Crippen LogP contribution < -0.4 is 10.1 Å². The molecule has 1 N–H and O–H groups in total. The minimum atomic E-state index is 0.707. The zero-order valence-electron chi connectivity index (χ0n) is 11.8. The first kappa shape index (κ1) is 13.4. The summed E-state index contributed by atoms with van der Waals surface area (Å²) in [6.07, 6.45) is 6.80. The van der Waals surface area contributed by atoms with Crippen molar-refractivity contribution >= 4 is 0 Å². The van der Waals surface area contributed by atoms with Gasteiger partial charge in [-0.2, -0.15) is 5.10 Å². The molecule has 0 aliphatic heterocycles. The minimum Gasteiger partial charge on any atom is -0.488 e. The number of nitrogens with one attached hydrogen (secondary N) is 1. The van der Waals surface area contributed by atoms with Crippen LogP contribution in [0, 0.1) is 13.8 Å². The third-order valence-electron chi connectivity index (χ3n) is 3.83. The standard InChI is InChI=1S/C14H25N3O/c1-11-14(12(2)17(3)16-11)18-10-9-15-13-7-5-4-6-8-13/h13,15H,4-10H2,1-3H3. The van der Waals surface area contributed by atoms with Crippen molar-refractivity contribution in [2.75, 3.05) is 13.2 Å². The SMILES string of the molecule is Cc1nn(C)c(C)c1OCCNC1CCCCC1. The molecule has 102 valence electrons. The Hall–Kier alpha value is -1.03. The van der Waals surface area contributed by atoms with E-state index in [4.69, 9.17) is 4.74 Å². The number of aromatic nitrogens is 2. The second-order valence-corrected chi connectivity index (χ2v) is 5.26. The van der Waals surface area contributed by atoms with E-state index in [1.165, 1.54) is 32.1 Å². The maximum absolute atomic E-state index is 5.83. The molecule has 0 aromatic carbocycles. The first-order valence-electron chi connectivity index (χ1n) is 7.05. The topological polar surface area (TPSA) is 39.1 Å². The summed E-state index contributed by atoms with van der Waals surface area (Å²) in [6, 6.07) is 0.707. The summed E-state index contributed by atoms with van der Waals surface area (Å²) >= 11 is 0. The van der Waals surface area contributed by atoms with Crippen molar-refractivity contribution in [3.63, 3.8) is 0 Å². The summed E-state index contributed by atoms with van der Waals surface area (Å²) < 4.78 is 7.71. The minimum absolute atomic E-state index is 0.707. The molecule has 0 saturated heterocycles. The summed E-state index contributed by atoms with van der Waals surface area (Å²) in [7, 11) is 1.95. The van der Waals surface area contributed by atoms with Gasteiger partial charge in [-0.1, -0.05) is 19.3 Å². The Balaban J connectivity index is 1.71. The highest BCUT2D eigenvalue weighted by Gasteiger charge is 2.13. The fraction of sp³-hybridized carbons (Fsp3) is 0.786. The summed E-state index contributed by atoms with van der Waals surface area (Å²) in [5.74, 6) is 0.947. The van der Waals surface area contributed by atoms with Crippen molar-refractivity contribution in [1.82, 2.24) is 15.1 Å². The maximum atomic E-state index is 5.83. The molecule has 2 rings (SSSR count). The Bertz CT molecular complexity index is 381. The first-order valence-corrected chi connectivity index (χ1v) is 7.05. The van der Waals surface area contributed by atoms with Crippen molar-refractivity contribution in [2.45, 2.75) is 52.0 Å². The highest BCUT2D eigenvalue weighted by atomic mass is 16.5. The lowest BCUT2D eigenvalue weighted by atomic mass is 9.96. The Morgan fingerprint density at radius 1 is 1.28 bits per heavy atom. The average Bonchev–Trinajstić information content (AvgIpc) is 2.61. The number of nitrogens with zero attached hydrogens (tertiary/aromatic N) is 2. The molecule has 1 saturated carbocycles. The first-order chi connectivity index (χ1) is 8.68. The van der Waals surface area contributed by atoms with Crippen LogP contribution in [0.3, 0.4) is 0 Å². The van der Waals surface area contributed by atoms with Gasteiger partial charge in [0.25, 0.3) is 0 Å². The second-order valence-electron chi connectivity index (χ2n) is 5.26. The van der Waals surface area contributed by atoms with Crippen molar-refractivity contribution in [2.24, 2.45) is 7.05 Å². The number of ether oxygens (including phenoxy) is 1. The summed E-state index contributed by atoms with van der Waals surface area (Å²) in [5.41, 5.74) is 2.08. The van der Waals surface area contributed by atoms with Gasteiger partial charge in [0.1, 0.15) is 12.3 Å². The number of rotatable bonds is 5. The van der Waals surface area contributed by atoms with E-state index < -0.39 is 0 Å². The molecule has 4 nitrogen and oxygen atoms in total. The number of aryl methyl sites for hydroxylation is 2. The van der Waals surface area contributed by atoms with E-state index in [9.17, 15) is 0 Å². The van der Waals surface area contributed by atoms with Gasteiger partial charge in [0, 0.05) is 19.6 Å². The zero-order chi connectivity index (χ0) is 13.0. The molecule has 0 spiro atoms. The van der Waals surface area contributed by atoms with Gasteiger partial charge in [-0.25, -0.2) is 0 Å². The molecule has 1 aromatic heterocycles. The van der Waals surface area contributed by atoms with Crippen molar-refractivity contribution in [1.29, 1.82) is 0 Å². The molecule has 1 heterocycles. The predicted molar refractivity (Wildman–Crippen MR) is 73.1 cm³/mol. The van der Waals surface area contributed by atoms with Gasteiger partial charge >= 0.3 is 0 Å². The fourth-order valence-corrected chi connectivity index (χ4v) is 2.69. The van der Waals surface area contributed by atoms with Crippen LogP contribution in [0.1, 0.15) is 43.5 Å². The highest BCUT2D eigenvalue weighted by molar-refractivity contribution is 5.31. The molecule has 4 heteroatoms.